The molecule has 0 saturated heterocycles. The number of nitrogens with zero attached hydrogens (tertiary/aromatic N) is 1. The van der Waals surface area contributed by atoms with Gasteiger partial charge in [0.1, 0.15) is 5.75 Å². The third-order valence-electron chi connectivity index (χ3n) is 3.48. The van der Waals surface area contributed by atoms with Crippen LogP contribution < -0.4 is 11.1 Å². The lowest BCUT2D eigenvalue weighted by molar-refractivity contribution is 0.0998. The Morgan fingerprint density at radius 2 is 2.08 bits per heavy atom. The lowest BCUT2D eigenvalue weighted by Gasteiger charge is -2.05. The number of primary amides is 1. The summed E-state index contributed by atoms with van der Waals surface area (Å²) >= 11 is 7.54. The summed E-state index contributed by atoms with van der Waals surface area (Å²) in [4.78, 5) is 16.5. The van der Waals surface area contributed by atoms with Crippen LogP contribution in [0.1, 0.15) is 15.9 Å². The number of phenols is 1. The summed E-state index contributed by atoms with van der Waals surface area (Å²) in [5, 5.41) is 14.2. The maximum atomic E-state index is 11.3. The molecule has 4 N–H and O–H groups in total. The Labute approximate surface area is 147 Å². The van der Waals surface area contributed by atoms with Crippen molar-refractivity contribution >= 4 is 39.7 Å². The molecule has 0 aliphatic heterocycles. The number of thiazole rings is 1. The van der Waals surface area contributed by atoms with Crippen LogP contribution in [-0.2, 0) is 0 Å². The zero-order valence-corrected chi connectivity index (χ0v) is 14.3. The second-order valence-electron chi connectivity index (χ2n) is 5.21. The first kappa shape index (κ1) is 16.3. The number of carbonyl (C=O) groups excluding carboxylic acids is 1. The van der Waals surface area contributed by atoms with E-state index in [0.717, 1.165) is 21.7 Å². The van der Waals surface area contributed by atoms with Crippen molar-refractivity contribution in [1.29, 1.82) is 0 Å². The number of aryl methyl sites for hydroxylation is 1. The molecular weight excluding hydrogens is 346 g/mol. The van der Waals surface area contributed by atoms with Crippen molar-refractivity contribution < 1.29 is 9.90 Å². The monoisotopic (exact) mass is 359 g/mol. The van der Waals surface area contributed by atoms with Crippen molar-refractivity contribution in [1.82, 2.24) is 4.98 Å². The number of hydrogen-bond donors (Lipinski definition) is 3. The van der Waals surface area contributed by atoms with E-state index in [-0.39, 0.29) is 11.3 Å². The lowest BCUT2D eigenvalue weighted by Crippen LogP contribution is -2.11. The predicted molar refractivity (Wildman–Crippen MR) is 97.2 cm³/mol. The van der Waals surface area contributed by atoms with Gasteiger partial charge in [0.05, 0.1) is 10.4 Å². The average molecular weight is 360 g/mol. The highest BCUT2D eigenvalue weighted by Gasteiger charge is 2.11. The number of hydrogen-bond acceptors (Lipinski definition) is 5. The molecule has 122 valence electrons. The summed E-state index contributed by atoms with van der Waals surface area (Å²) in [6.45, 7) is 1.94. The van der Waals surface area contributed by atoms with E-state index >= 15 is 0 Å². The molecule has 0 spiro atoms. The van der Waals surface area contributed by atoms with E-state index in [1.54, 1.807) is 18.3 Å². The summed E-state index contributed by atoms with van der Waals surface area (Å²) in [6, 6.07) is 10.4. The number of aromatic hydroxyl groups is 1. The second-order valence-corrected chi connectivity index (χ2v) is 6.65. The number of nitrogens with one attached hydrogen (secondary N) is 1. The summed E-state index contributed by atoms with van der Waals surface area (Å²) in [6.07, 6.45) is 1.69. The molecular formula is C17H14ClN3O2S. The van der Waals surface area contributed by atoms with Crippen LogP contribution in [0.4, 0.5) is 10.8 Å². The molecule has 1 amide bonds. The minimum Gasteiger partial charge on any atom is -0.507 e. The van der Waals surface area contributed by atoms with Crippen LogP contribution in [-0.4, -0.2) is 16.0 Å². The van der Waals surface area contributed by atoms with Gasteiger partial charge in [0, 0.05) is 16.9 Å². The fourth-order valence-corrected chi connectivity index (χ4v) is 3.16. The Balaban J connectivity index is 1.86. The highest BCUT2D eigenvalue weighted by molar-refractivity contribution is 7.18. The first-order valence-corrected chi connectivity index (χ1v) is 8.25. The van der Waals surface area contributed by atoms with Gasteiger partial charge in [-0.25, -0.2) is 4.98 Å². The van der Waals surface area contributed by atoms with Gasteiger partial charge in [0.25, 0.3) is 5.91 Å². The van der Waals surface area contributed by atoms with Crippen molar-refractivity contribution in [2.24, 2.45) is 5.73 Å². The van der Waals surface area contributed by atoms with E-state index in [9.17, 15) is 9.90 Å². The SMILES string of the molecule is Cc1ccc(Nc2ncc(-c3ccc(O)c(C(N)=O)c3)s2)cc1Cl. The molecule has 1 aromatic heterocycles. The van der Waals surface area contributed by atoms with Gasteiger partial charge in [-0.15, -0.1) is 0 Å². The van der Waals surface area contributed by atoms with Crippen LogP contribution in [0.2, 0.25) is 5.02 Å². The number of carbonyl (C=O) groups is 1. The molecule has 3 aromatic rings. The molecule has 7 heteroatoms. The van der Waals surface area contributed by atoms with Crippen molar-refractivity contribution in [3.63, 3.8) is 0 Å². The number of anilines is 2. The minimum atomic E-state index is -0.675. The molecule has 0 radical (unpaired) electrons. The number of halogens is 1. The number of rotatable bonds is 4. The normalized spacial score (nSPS) is 10.6. The first-order chi connectivity index (χ1) is 11.4. The van der Waals surface area contributed by atoms with Crippen LogP contribution in [0, 0.1) is 6.92 Å². The average Bonchev–Trinajstić information content (AvgIpc) is 2.99. The molecule has 0 atom stereocenters. The maximum Gasteiger partial charge on any atom is 0.252 e. The quantitative estimate of drug-likeness (QED) is 0.647. The fraction of sp³-hybridized carbons (Fsp3) is 0.0588. The largest absolute Gasteiger partial charge is 0.507 e. The van der Waals surface area contributed by atoms with Crippen LogP contribution in [0.5, 0.6) is 5.75 Å². The number of benzene rings is 2. The number of nitrogens with two attached hydrogens (primary N) is 1. The van der Waals surface area contributed by atoms with E-state index < -0.39 is 5.91 Å². The topological polar surface area (TPSA) is 88.2 Å². The van der Waals surface area contributed by atoms with E-state index in [2.05, 4.69) is 10.3 Å². The van der Waals surface area contributed by atoms with Gasteiger partial charge in [-0.05, 0) is 48.4 Å². The molecule has 0 fully saturated rings. The molecule has 5 nitrogen and oxygen atoms in total. The Morgan fingerprint density at radius 3 is 2.79 bits per heavy atom. The van der Waals surface area contributed by atoms with Crippen LogP contribution in [0.3, 0.4) is 0 Å². The molecule has 3 rings (SSSR count). The zero-order valence-electron chi connectivity index (χ0n) is 12.7. The molecule has 2 aromatic carbocycles. The van der Waals surface area contributed by atoms with Crippen molar-refractivity contribution in [3.8, 4) is 16.2 Å². The molecule has 1 heterocycles. The van der Waals surface area contributed by atoms with Gasteiger partial charge in [-0.3, -0.25) is 4.79 Å². The molecule has 0 unspecified atom stereocenters. The standard InChI is InChI=1S/C17H14ClN3O2S/c1-9-2-4-11(7-13(9)18)21-17-20-8-15(24-17)10-3-5-14(22)12(6-10)16(19)23/h2-8,22H,1H3,(H2,19,23)(H,20,21). The number of aromatic nitrogens is 1. The lowest BCUT2D eigenvalue weighted by atomic mass is 10.1. The van der Waals surface area contributed by atoms with Crippen molar-refractivity contribution in [3.05, 3.63) is 58.7 Å². The van der Waals surface area contributed by atoms with Gasteiger partial charge in [0.15, 0.2) is 5.13 Å². The van der Waals surface area contributed by atoms with E-state index in [1.165, 1.54) is 17.4 Å². The van der Waals surface area contributed by atoms with E-state index in [4.69, 9.17) is 17.3 Å². The molecule has 24 heavy (non-hydrogen) atoms. The fourth-order valence-electron chi connectivity index (χ4n) is 2.15. The second kappa shape index (κ2) is 6.51. The number of amides is 1. The molecule has 0 bridgehead atoms. The Hall–Kier alpha value is -2.57. The highest BCUT2D eigenvalue weighted by atomic mass is 35.5. The van der Waals surface area contributed by atoms with Crippen molar-refractivity contribution in [2.75, 3.05) is 5.32 Å². The van der Waals surface area contributed by atoms with Gasteiger partial charge in [-0.1, -0.05) is 29.0 Å². The Bertz CT molecular complexity index is 924. The van der Waals surface area contributed by atoms with Gasteiger partial charge in [-0.2, -0.15) is 0 Å². The molecule has 0 aliphatic rings. The van der Waals surface area contributed by atoms with E-state index in [1.807, 2.05) is 25.1 Å². The third kappa shape index (κ3) is 3.34. The summed E-state index contributed by atoms with van der Waals surface area (Å²) in [7, 11) is 0. The maximum absolute atomic E-state index is 11.3. The van der Waals surface area contributed by atoms with Gasteiger partial charge >= 0.3 is 0 Å². The minimum absolute atomic E-state index is 0.0840. The van der Waals surface area contributed by atoms with Crippen LogP contribution in [0.25, 0.3) is 10.4 Å². The summed E-state index contributed by atoms with van der Waals surface area (Å²) in [5.41, 5.74) is 7.95. The molecule has 0 saturated carbocycles. The van der Waals surface area contributed by atoms with Crippen LogP contribution >= 0.6 is 22.9 Å². The summed E-state index contributed by atoms with van der Waals surface area (Å²) < 4.78 is 0. The van der Waals surface area contributed by atoms with E-state index in [0.29, 0.717) is 10.2 Å². The van der Waals surface area contributed by atoms with Gasteiger partial charge in [0.2, 0.25) is 0 Å². The smallest absolute Gasteiger partial charge is 0.252 e. The Morgan fingerprint density at radius 1 is 1.29 bits per heavy atom. The Kier molecular flexibility index (Phi) is 4.42. The summed E-state index contributed by atoms with van der Waals surface area (Å²) in [5.74, 6) is -0.810. The predicted octanol–water partition coefficient (Wildman–Crippen LogP) is 4.32. The molecule has 0 aliphatic carbocycles. The van der Waals surface area contributed by atoms with Gasteiger partial charge < -0.3 is 16.2 Å². The van der Waals surface area contributed by atoms with Crippen LogP contribution in [0.15, 0.2) is 42.6 Å². The third-order valence-corrected chi connectivity index (χ3v) is 4.84. The zero-order chi connectivity index (χ0) is 17.3. The van der Waals surface area contributed by atoms with Crippen molar-refractivity contribution in [2.45, 2.75) is 6.92 Å². The highest BCUT2D eigenvalue weighted by Crippen LogP contribution is 2.33. The first-order valence-electron chi connectivity index (χ1n) is 7.06.